The Bertz CT molecular complexity index is 532. The minimum absolute atomic E-state index is 0.0730. The van der Waals surface area contributed by atoms with Crippen LogP contribution < -0.4 is 0 Å². The number of piperazine rings is 1. The molecule has 0 radical (unpaired) electrons. The second-order valence-electron chi connectivity index (χ2n) is 4.66. The number of carboxylic acid groups (broad SMARTS) is 1. The first-order valence-corrected chi connectivity index (χ1v) is 7.26. The number of rotatable bonds is 1. The molecule has 0 aliphatic carbocycles. The standard InChI is InChI=1S/C13H14BrClN2O3/c1-8(18)17-3-2-16(13(19)20)7-12(17)9-4-10(14)6-11(15)5-9/h4-6,12H,2-3,7H2,1H3,(H,19,20)/t12-/m0/s1. The summed E-state index contributed by atoms with van der Waals surface area (Å²) in [7, 11) is 0. The molecule has 108 valence electrons. The van der Waals surface area contributed by atoms with E-state index in [0.29, 0.717) is 18.1 Å². The van der Waals surface area contributed by atoms with E-state index in [2.05, 4.69) is 15.9 Å². The number of hydrogen-bond acceptors (Lipinski definition) is 2. The molecule has 2 rings (SSSR count). The molecule has 20 heavy (non-hydrogen) atoms. The summed E-state index contributed by atoms with van der Waals surface area (Å²) in [5, 5.41) is 9.67. The summed E-state index contributed by atoms with van der Waals surface area (Å²) in [5.74, 6) is -0.0730. The Morgan fingerprint density at radius 3 is 2.60 bits per heavy atom. The molecular formula is C13H14BrClN2O3. The molecule has 1 fully saturated rings. The lowest BCUT2D eigenvalue weighted by Gasteiger charge is -2.40. The van der Waals surface area contributed by atoms with Gasteiger partial charge >= 0.3 is 6.09 Å². The molecule has 0 unspecified atom stereocenters. The quantitative estimate of drug-likeness (QED) is 0.836. The van der Waals surface area contributed by atoms with Gasteiger partial charge in [0.2, 0.25) is 5.91 Å². The highest BCUT2D eigenvalue weighted by Gasteiger charge is 2.32. The Kier molecular flexibility index (Phi) is 4.55. The van der Waals surface area contributed by atoms with Crippen LogP contribution in [0.4, 0.5) is 4.79 Å². The van der Waals surface area contributed by atoms with Gasteiger partial charge in [-0.15, -0.1) is 0 Å². The first-order valence-electron chi connectivity index (χ1n) is 6.09. The SMILES string of the molecule is CC(=O)N1CCN(C(=O)O)C[C@H]1c1cc(Cl)cc(Br)c1. The van der Waals surface area contributed by atoms with Gasteiger partial charge in [0.05, 0.1) is 6.04 Å². The minimum atomic E-state index is -0.973. The van der Waals surface area contributed by atoms with E-state index in [4.69, 9.17) is 16.7 Å². The summed E-state index contributed by atoms with van der Waals surface area (Å²) < 4.78 is 0.802. The molecule has 1 aliphatic heterocycles. The molecule has 7 heteroatoms. The fourth-order valence-electron chi connectivity index (χ4n) is 2.39. The van der Waals surface area contributed by atoms with Gasteiger partial charge in [0.15, 0.2) is 0 Å². The number of amides is 2. The molecule has 0 spiro atoms. The van der Waals surface area contributed by atoms with Crippen molar-refractivity contribution < 1.29 is 14.7 Å². The number of benzene rings is 1. The maximum Gasteiger partial charge on any atom is 0.407 e. The molecule has 1 saturated heterocycles. The van der Waals surface area contributed by atoms with E-state index >= 15 is 0 Å². The van der Waals surface area contributed by atoms with E-state index in [9.17, 15) is 9.59 Å². The van der Waals surface area contributed by atoms with E-state index in [-0.39, 0.29) is 18.5 Å². The van der Waals surface area contributed by atoms with Crippen molar-refractivity contribution in [2.24, 2.45) is 0 Å². The fraction of sp³-hybridized carbons (Fsp3) is 0.385. The van der Waals surface area contributed by atoms with Crippen LogP contribution in [-0.2, 0) is 4.79 Å². The van der Waals surface area contributed by atoms with E-state index < -0.39 is 6.09 Å². The van der Waals surface area contributed by atoms with Gasteiger partial charge in [-0.2, -0.15) is 0 Å². The van der Waals surface area contributed by atoms with Crippen LogP contribution in [0.15, 0.2) is 22.7 Å². The Morgan fingerprint density at radius 2 is 2.05 bits per heavy atom. The molecule has 1 N–H and O–H groups in total. The van der Waals surface area contributed by atoms with Crippen molar-refractivity contribution in [2.75, 3.05) is 19.6 Å². The van der Waals surface area contributed by atoms with Crippen molar-refractivity contribution in [2.45, 2.75) is 13.0 Å². The Balaban J connectivity index is 2.35. The summed E-state index contributed by atoms with van der Waals surface area (Å²) in [6.45, 7) is 2.45. The van der Waals surface area contributed by atoms with Gasteiger partial charge in [0, 0.05) is 36.1 Å². The summed E-state index contributed by atoms with van der Waals surface area (Å²) in [5.41, 5.74) is 0.825. The fourth-order valence-corrected chi connectivity index (χ4v) is 3.27. The third kappa shape index (κ3) is 3.24. The number of hydrogen-bond donors (Lipinski definition) is 1. The summed E-state index contributed by atoms with van der Waals surface area (Å²) in [4.78, 5) is 25.9. The molecule has 0 saturated carbocycles. The zero-order chi connectivity index (χ0) is 14.9. The van der Waals surface area contributed by atoms with Crippen LogP contribution in [0, 0.1) is 0 Å². The van der Waals surface area contributed by atoms with Crippen molar-refractivity contribution in [3.05, 3.63) is 33.3 Å². The van der Waals surface area contributed by atoms with Crippen molar-refractivity contribution in [1.82, 2.24) is 9.80 Å². The van der Waals surface area contributed by atoms with Crippen LogP contribution in [-0.4, -0.2) is 46.5 Å². The number of carbonyl (C=O) groups excluding carboxylic acids is 1. The van der Waals surface area contributed by atoms with Crippen molar-refractivity contribution in [3.8, 4) is 0 Å². The normalized spacial score (nSPS) is 19.1. The van der Waals surface area contributed by atoms with E-state index in [0.717, 1.165) is 10.0 Å². The van der Waals surface area contributed by atoms with Gasteiger partial charge in [0.1, 0.15) is 0 Å². The second kappa shape index (κ2) is 6.01. The number of halogens is 2. The van der Waals surface area contributed by atoms with Crippen LogP contribution in [0.25, 0.3) is 0 Å². The van der Waals surface area contributed by atoms with Crippen molar-refractivity contribution in [3.63, 3.8) is 0 Å². The summed E-state index contributed by atoms with van der Waals surface area (Å²) in [6.07, 6.45) is -0.973. The largest absolute Gasteiger partial charge is 0.465 e. The maximum absolute atomic E-state index is 11.7. The monoisotopic (exact) mass is 360 g/mol. The predicted octanol–water partition coefficient (Wildman–Crippen LogP) is 2.99. The van der Waals surface area contributed by atoms with E-state index in [1.165, 1.54) is 11.8 Å². The topological polar surface area (TPSA) is 60.9 Å². The van der Waals surface area contributed by atoms with E-state index in [1.54, 1.807) is 17.0 Å². The second-order valence-corrected chi connectivity index (χ2v) is 6.01. The number of nitrogens with zero attached hydrogens (tertiary/aromatic N) is 2. The maximum atomic E-state index is 11.7. The third-order valence-electron chi connectivity index (χ3n) is 3.33. The molecule has 1 atom stereocenters. The predicted molar refractivity (Wildman–Crippen MR) is 78.9 cm³/mol. The van der Waals surface area contributed by atoms with Gasteiger partial charge in [-0.05, 0) is 23.8 Å². The lowest BCUT2D eigenvalue weighted by atomic mass is 10.0. The van der Waals surface area contributed by atoms with Gasteiger partial charge in [-0.3, -0.25) is 4.79 Å². The van der Waals surface area contributed by atoms with Gasteiger partial charge in [0.25, 0.3) is 0 Å². The van der Waals surface area contributed by atoms with Crippen LogP contribution in [0.2, 0.25) is 5.02 Å². The van der Waals surface area contributed by atoms with Crippen LogP contribution in [0.1, 0.15) is 18.5 Å². The highest BCUT2D eigenvalue weighted by atomic mass is 79.9. The lowest BCUT2D eigenvalue weighted by molar-refractivity contribution is -0.133. The average molecular weight is 362 g/mol. The Morgan fingerprint density at radius 1 is 1.35 bits per heavy atom. The minimum Gasteiger partial charge on any atom is -0.465 e. The zero-order valence-corrected chi connectivity index (χ0v) is 13.2. The molecule has 0 bridgehead atoms. The smallest absolute Gasteiger partial charge is 0.407 e. The Labute approximate surface area is 130 Å². The third-order valence-corrected chi connectivity index (χ3v) is 4.00. The van der Waals surface area contributed by atoms with Gasteiger partial charge in [-0.25, -0.2) is 4.79 Å². The summed E-state index contributed by atoms with van der Waals surface area (Å²) >= 11 is 9.39. The van der Waals surface area contributed by atoms with Crippen molar-refractivity contribution in [1.29, 1.82) is 0 Å². The van der Waals surface area contributed by atoms with Crippen LogP contribution in [0.5, 0.6) is 0 Å². The lowest BCUT2D eigenvalue weighted by Crippen LogP contribution is -2.51. The van der Waals surface area contributed by atoms with E-state index in [1.807, 2.05) is 6.07 Å². The van der Waals surface area contributed by atoms with Gasteiger partial charge < -0.3 is 14.9 Å². The highest BCUT2D eigenvalue weighted by molar-refractivity contribution is 9.10. The molecule has 0 aromatic heterocycles. The molecule has 1 aromatic rings. The molecular weight excluding hydrogens is 348 g/mol. The first kappa shape index (κ1) is 15.1. The van der Waals surface area contributed by atoms with Crippen LogP contribution >= 0.6 is 27.5 Å². The zero-order valence-electron chi connectivity index (χ0n) is 10.8. The highest BCUT2D eigenvalue weighted by Crippen LogP contribution is 2.30. The average Bonchev–Trinajstić information content (AvgIpc) is 2.36. The molecule has 5 nitrogen and oxygen atoms in total. The molecule has 1 heterocycles. The van der Waals surface area contributed by atoms with Crippen LogP contribution in [0.3, 0.4) is 0 Å². The molecule has 1 aliphatic rings. The molecule has 1 aromatic carbocycles. The Hall–Kier alpha value is -1.27. The molecule has 2 amide bonds. The first-order chi connectivity index (χ1) is 9.38. The van der Waals surface area contributed by atoms with Gasteiger partial charge in [-0.1, -0.05) is 27.5 Å². The van der Waals surface area contributed by atoms with Crippen molar-refractivity contribution >= 4 is 39.5 Å². The number of carbonyl (C=O) groups is 2. The summed E-state index contributed by atoms with van der Waals surface area (Å²) in [6, 6.07) is 5.06.